The molecule has 5 aromatic carbocycles. The molecule has 14 heteroatoms. The van der Waals surface area contributed by atoms with E-state index in [4.69, 9.17) is 34.8 Å². The number of benzene rings is 5. The molecule has 270 valence electrons. The predicted molar refractivity (Wildman–Crippen MR) is 199 cm³/mol. The van der Waals surface area contributed by atoms with Crippen LogP contribution >= 0.6 is 34.8 Å². The van der Waals surface area contributed by atoms with Gasteiger partial charge in [0, 0.05) is 45.9 Å². The zero-order valence-corrected chi connectivity index (χ0v) is 31.1. The summed E-state index contributed by atoms with van der Waals surface area (Å²) in [6, 6.07) is 27.4. The van der Waals surface area contributed by atoms with Crippen LogP contribution in [0.3, 0.4) is 0 Å². The largest absolute Gasteiger partial charge is 0.357 e. The second-order valence-corrected chi connectivity index (χ2v) is 16.2. The normalized spacial score (nSPS) is 12.8. The molecule has 0 saturated heterocycles. The molecule has 0 aliphatic rings. The summed E-state index contributed by atoms with van der Waals surface area (Å²) in [4.78, 5) is 25.6. The number of hydrogen-bond donors (Lipinski definition) is 1. The molecule has 0 aliphatic heterocycles. The third-order valence-corrected chi connectivity index (χ3v) is 10.9. The van der Waals surface area contributed by atoms with Crippen LogP contribution in [0, 0.1) is 21.8 Å². The van der Waals surface area contributed by atoms with Gasteiger partial charge in [-0.25, -0.2) is 4.39 Å². The van der Waals surface area contributed by atoms with Crippen LogP contribution in [0.15, 0.2) is 114 Å². The van der Waals surface area contributed by atoms with Crippen molar-refractivity contribution in [2.75, 3.05) is 6.54 Å². The Morgan fingerprint density at radius 1 is 0.827 bits per heavy atom. The molecule has 5 rings (SSSR count). The van der Waals surface area contributed by atoms with Crippen molar-refractivity contribution < 1.29 is 31.8 Å². The second-order valence-electron chi connectivity index (χ2n) is 12.8. The van der Waals surface area contributed by atoms with Gasteiger partial charge in [0.1, 0.15) is 15.7 Å². The number of amides is 1. The number of hydrogen-bond acceptors (Lipinski definition) is 6. The minimum Gasteiger partial charge on any atom is -0.334 e. The van der Waals surface area contributed by atoms with Gasteiger partial charge < -0.3 is 4.90 Å². The van der Waals surface area contributed by atoms with E-state index in [1.54, 1.807) is 65.6 Å². The zero-order valence-electron chi connectivity index (χ0n) is 28.0. The first kappa shape index (κ1) is 38.9. The molecule has 0 aromatic heterocycles. The van der Waals surface area contributed by atoms with Crippen molar-refractivity contribution in [3.05, 3.63) is 162 Å². The van der Waals surface area contributed by atoms with Gasteiger partial charge >= 0.3 is 10.0 Å². The maximum Gasteiger partial charge on any atom is 0.357 e. The van der Waals surface area contributed by atoms with E-state index >= 15 is 0 Å². The molecule has 1 amide bonds. The topological polar surface area (TPSA) is 118 Å². The number of carbonyl (C=O) groups excluding carboxylic acids is 1. The molecule has 9 nitrogen and oxygen atoms in total. The number of hydroxylamine groups is 2. The fourth-order valence-corrected chi connectivity index (χ4v) is 8.28. The van der Waals surface area contributed by atoms with Gasteiger partial charge in [-0.3, -0.25) is 14.9 Å². The molecule has 0 heterocycles. The Bertz CT molecular complexity index is 2200. The average Bonchev–Trinajstić information content (AvgIpc) is 3.07. The summed E-state index contributed by atoms with van der Waals surface area (Å²) in [5.41, 5.74) is 3.00. The third kappa shape index (κ3) is 9.16. The van der Waals surface area contributed by atoms with Crippen LogP contribution in [0.25, 0.3) is 11.1 Å². The van der Waals surface area contributed by atoms with Crippen LogP contribution in [0.1, 0.15) is 40.9 Å². The summed E-state index contributed by atoms with van der Waals surface area (Å²) in [7, 11) is -4.57. The highest BCUT2D eigenvalue weighted by atomic mass is 35.5. The number of nitro groups is 1. The molecule has 0 bridgehead atoms. The lowest BCUT2D eigenvalue weighted by Gasteiger charge is -2.30. The Balaban J connectivity index is 1.48. The van der Waals surface area contributed by atoms with Crippen LogP contribution in [-0.2, 0) is 29.7 Å². The van der Waals surface area contributed by atoms with Gasteiger partial charge in [-0.1, -0.05) is 107 Å². The average molecular weight is 786 g/mol. The van der Waals surface area contributed by atoms with Crippen LogP contribution in [0.4, 0.5) is 10.1 Å². The molecule has 0 fully saturated rings. The van der Waals surface area contributed by atoms with Gasteiger partial charge in [0.05, 0.1) is 4.92 Å². The number of rotatable bonds is 13. The van der Waals surface area contributed by atoms with Crippen LogP contribution < -0.4 is 0 Å². The van der Waals surface area contributed by atoms with E-state index in [0.29, 0.717) is 23.2 Å². The van der Waals surface area contributed by atoms with Crippen molar-refractivity contribution in [1.82, 2.24) is 4.90 Å². The maximum absolute atomic E-state index is 14.3. The molecule has 1 atom stereocenters. The first-order valence-electron chi connectivity index (χ1n) is 16.0. The number of quaternary nitrogens is 1. The Morgan fingerprint density at radius 2 is 1.40 bits per heavy atom. The van der Waals surface area contributed by atoms with Gasteiger partial charge in [-0.2, -0.15) is 13.6 Å². The molecule has 1 unspecified atom stereocenters. The van der Waals surface area contributed by atoms with Crippen LogP contribution in [0.2, 0.25) is 15.1 Å². The monoisotopic (exact) mass is 784 g/mol. The molecule has 0 saturated carbocycles. The number of nitro benzene ring substituents is 1. The summed E-state index contributed by atoms with van der Waals surface area (Å²) < 4.78 is 40.6. The van der Waals surface area contributed by atoms with Crippen LogP contribution in [-0.4, -0.2) is 40.0 Å². The van der Waals surface area contributed by atoms with Gasteiger partial charge in [-0.05, 0) is 71.1 Å². The third-order valence-electron chi connectivity index (χ3n) is 8.20. The summed E-state index contributed by atoms with van der Waals surface area (Å²) >= 11 is 18.5. The first-order chi connectivity index (χ1) is 24.5. The number of halogens is 4. The Morgan fingerprint density at radius 3 is 1.98 bits per heavy atom. The molecule has 0 spiro atoms. The molecule has 52 heavy (non-hydrogen) atoms. The molecule has 0 aliphatic carbocycles. The Hall–Kier alpha value is -4.36. The predicted octanol–water partition coefficient (Wildman–Crippen LogP) is 9.95. The SMILES string of the molecule is CC(C)CN(Cc1cccc(C[N+](O)(Cc2ccc(-c3ccc(F)cc3)cc2)S(=O)(=O)c2cc(Cl)cc(Cl)c2)c1)C(=O)c1ccc([N+](=O)[O-])c(Cl)c1. The molecule has 1 N–H and O–H groups in total. The number of nitrogens with zero attached hydrogens (tertiary/aromatic N) is 3. The standard InChI is InChI=1S/C38H34Cl3FN3O6S/c1-25(2)21-43(38(46)31-12-15-37(44(47)48)36(41)17-31)22-27-4-3-5-28(16-27)24-45(49,52(50,51)35-19-32(39)18-33(40)20-35)23-26-6-8-29(9-7-26)30-10-13-34(42)14-11-30/h3-20,25,49H,21-24H2,1-2H3/q+1. The van der Waals surface area contributed by atoms with Crippen molar-refractivity contribution >= 4 is 56.4 Å². The minimum atomic E-state index is -4.57. The van der Waals surface area contributed by atoms with E-state index < -0.39 is 31.5 Å². The van der Waals surface area contributed by atoms with Gasteiger partial charge in [0.25, 0.3) is 11.6 Å². The van der Waals surface area contributed by atoms with E-state index in [0.717, 1.165) is 11.1 Å². The summed E-state index contributed by atoms with van der Waals surface area (Å²) in [5, 5.41) is 23.5. The lowest BCUT2D eigenvalue weighted by molar-refractivity contribution is -1.02. The lowest BCUT2D eigenvalue weighted by Crippen LogP contribution is -2.48. The molecule has 5 aromatic rings. The molecular weight excluding hydrogens is 752 g/mol. The number of sulfonamides is 1. The fraction of sp³-hybridized carbons (Fsp3) is 0.184. The van der Waals surface area contributed by atoms with Crippen molar-refractivity contribution in [1.29, 1.82) is 0 Å². The van der Waals surface area contributed by atoms with E-state index in [2.05, 4.69) is 0 Å². The highest BCUT2D eigenvalue weighted by molar-refractivity contribution is 7.85. The van der Waals surface area contributed by atoms with Crippen LogP contribution in [0.5, 0.6) is 0 Å². The summed E-state index contributed by atoms with van der Waals surface area (Å²) in [6.45, 7) is 3.59. The van der Waals surface area contributed by atoms with E-state index in [1.807, 2.05) is 13.8 Å². The van der Waals surface area contributed by atoms with Crippen molar-refractivity contribution in [2.24, 2.45) is 5.92 Å². The first-order valence-corrected chi connectivity index (χ1v) is 18.6. The van der Waals surface area contributed by atoms with Crippen molar-refractivity contribution in [3.63, 3.8) is 0 Å². The van der Waals surface area contributed by atoms with Crippen molar-refractivity contribution in [2.45, 2.75) is 38.4 Å². The summed E-state index contributed by atoms with van der Waals surface area (Å²) in [5.74, 6) is -0.703. The highest BCUT2D eigenvalue weighted by Crippen LogP contribution is 2.33. The summed E-state index contributed by atoms with van der Waals surface area (Å²) in [6.07, 6.45) is 0. The number of carbonyl (C=O) groups is 1. The van der Waals surface area contributed by atoms with E-state index in [-0.39, 0.29) is 56.0 Å². The lowest BCUT2D eigenvalue weighted by atomic mass is 10.0. The van der Waals surface area contributed by atoms with Crippen molar-refractivity contribution in [3.8, 4) is 11.1 Å². The van der Waals surface area contributed by atoms with Gasteiger partial charge in [0.15, 0.2) is 13.1 Å². The maximum atomic E-state index is 14.3. The molecule has 0 radical (unpaired) electrons. The minimum absolute atomic E-state index is 0.0616. The van der Waals surface area contributed by atoms with E-state index in [1.165, 1.54) is 48.5 Å². The highest BCUT2D eigenvalue weighted by Gasteiger charge is 2.44. The zero-order chi connectivity index (χ0) is 37.8. The fourth-order valence-electron chi connectivity index (χ4n) is 5.79. The Labute approximate surface area is 316 Å². The second kappa shape index (κ2) is 16.1. The van der Waals surface area contributed by atoms with Gasteiger partial charge in [0.2, 0.25) is 0 Å². The smallest absolute Gasteiger partial charge is 0.334 e. The molecular formula is C38H34Cl3FN3O6S+. The van der Waals surface area contributed by atoms with E-state index in [9.17, 15) is 32.9 Å². The van der Waals surface area contributed by atoms with Gasteiger partial charge in [-0.15, -0.1) is 0 Å². The Kier molecular flexibility index (Phi) is 12.0. The quantitative estimate of drug-likeness (QED) is 0.0722.